The van der Waals surface area contributed by atoms with Gasteiger partial charge in [0.1, 0.15) is 5.82 Å². The van der Waals surface area contributed by atoms with E-state index in [4.69, 9.17) is 4.74 Å². The smallest absolute Gasteiger partial charge is 0.201 e. The van der Waals surface area contributed by atoms with Gasteiger partial charge in [0, 0.05) is 11.1 Å². The van der Waals surface area contributed by atoms with E-state index in [-0.39, 0.29) is 23.3 Å². The molecule has 0 aliphatic heterocycles. The van der Waals surface area contributed by atoms with Gasteiger partial charge in [-0.1, -0.05) is 37.3 Å². The third kappa shape index (κ3) is 3.46. The van der Waals surface area contributed by atoms with E-state index in [9.17, 15) is 22.0 Å². The van der Waals surface area contributed by atoms with Gasteiger partial charge in [0.15, 0.2) is 23.2 Å². The Labute approximate surface area is 159 Å². The second-order valence-corrected chi connectivity index (χ2v) is 6.14. The number of fused-ring (bicyclic) bond motifs is 1. The fraction of sp³-hybridized carbons (Fsp3) is 0.182. The maximum absolute atomic E-state index is 14.8. The van der Waals surface area contributed by atoms with Crippen molar-refractivity contribution >= 4 is 22.4 Å². The first kappa shape index (κ1) is 19.9. The number of rotatable bonds is 5. The summed E-state index contributed by atoms with van der Waals surface area (Å²) in [5.74, 6) is -7.43. The monoisotopic (exact) mass is 392 g/mol. The number of benzene rings is 3. The van der Waals surface area contributed by atoms with Crippen LogP contribution in [0.3, 0.4) is 0 Å². The van der Waals surface area contributed by atoms with Crippen molar-refractivity contribution in [3.05, 3.63) is 76.6 Å². The molecule has 3 rings (SSSR count). The molecule has 0 heterocycles. The van der Waals surface area contributed by atoms with Gasteiger partial charge in [0.2, 0.25) is 5.82 Å². The SMILES string of the molecule is CCOc1cc2ccc(C(F)=C(F)c3ccc(CC)cc3)c(F)c2c(F)c1F. The zero-order valence-corrected chi connectivity index (χ0v) is 15.3. The minimum atomic E-state index is -1.51. The molecule has 0 unspecified atom stereocenters. The molecule has 0 atom stereocenters. The topological polar surface area (TPSA) is 9.23 Å². The maximum Gasteiger partial charge on any atom is 0.201 e. The van der Waals surface area contributed by atoms with Crippen molar-refractivity contribution in [2.75, 3.05) is 6.61 Å². The predicted octanol–water partition coefficient (Wildman–Crippen LogP) is 6.98. The minimum absolute atomic E-state index is 0.0240. The highest BCUT2D eigenvalue weighted by Gasteiger charge is 2.22. The van der Waals surface area contributed by atoms with Crippen LogP contribution in [0.25, 0.3) is 22.4 Å². The van der Waals surface area contributed by atoms with Crippen molar-refractivity contribution in [3.8, 4) is 5.75 Å². The summed E-state index contributed by atoms with van der Waals surface area (Å²) in [6, 6.07) is 9.30. The Kier molecular flexibility index (Phi) is 5.68. The first-order valence-corrected chi connectivity index (χ1v) is 8.76. The summed E-state index contributed by atoms with van der Waals surface area (Å²) in [7, 11) is 0. The van der Waals surface area contributed by atoms with Gasteiger partial charge in [-0.15, -0.1) is 0 Å². The molecule has 28 heavy (non-hydrogen) atoms. The molecule has 0 radical (unpaired) electrons. The molecule has 6 heteroatoms. The predicted molar refractivity (Wildman–Crippen MR) is 99.8 cm³/mol. The van der Waals surface area contributed by atoms with Crippen LogP contribution < -0.4 is 4.74 Å². The van der Waals surface area contributed by atoms with E-state index >= 15 is 0 Å². The van der Waals surface area contributed by atoms with Crippen LogP contribution in [0.2, 0.25) is 0 Å². The van der Waals surface area contributed by atoms with E-state index in [1.807, 2.05) is 6.92 Å². The van der Waals surface area contributed by atoms with Gasteiger partial charge < -0.3 is 4.74 Å². The summed E-state index contributed by atoms with van der Waals surface area (Å²) in [5, 5.41) is -0.785. The summed E-state index contributed by atoms with van der Waals surface area (Å²) in [4.78, 5) is 0. The highest BCUT2D eigenvalue weighted by Crippen LogP contribution is 2.36. The molecular weight excluding hydrogens is 375 g/mol. The van der Waals surface area contributed by atoms with Crippen LogP contribution in [0.5, 0.6) is 5.75 Å². The Morgan fingerprint density at radius 2 is 1.50 bits per heavy atom. The van der Waals surface area contributed by atoms with Crippen molar-refractivity contribution in [1.29, 1.82) is 0 Å². The van der Waals surface area contributed by atoms with Crippen LogP contribution in [-0.2, 0) is 6.42 Å². The number of aryl methyl sites for hydroxylation is 1. The average Bonchev–Trinajstić information content (AvgIpc) is 2.71. The van der Waals surface area contributed by atoms with Crippen molar-refractivity contribution in [2.45, 2.75) is 20.3 Å². The lowest BCUT2D eigenvalue weighted by Crippen LogP contribution is -2.00. The van der Waals surface area contributed by atoms with Gasteiger partial charge in [-0.25, -0.2) is 17.6 Å². The number of ether oxygens (including phenoxy) is 1. The molecule has 0 spiro atoms. The van der Waals surface area contributed by atoms with Crippen LogP contribution in [0, 0.1) is 17.5 Å². The van der Waals surface area contributed by atoms with E-state index in [2.05, 4.69) is 0 Å². The summed E-state index contributed by atoms with van der Waals surface area (Å²) in [6.45, 7) is 3.58. The van der Waals surface area contributed by atoms with Gasteiger partial charge >= 0.3 is 0 Å². The lowest BCUT2D eigenvalue weighted by molar-refractivity contribution is 0.315. The quantitative estimate of drug-likeness (QED) is 0.336. The molecule has 0 saturated heterocycles. The van der Waals surface area contributed by atoms with Gasteiger partial charge in [-0.05, 0) is 36.4 Å². The van der Waals surface area contributed by atoms with E-state index in [0.29, 0.717) is 0 Å². The molecule has 1 nitrogen and oxygen atoms in total. The standard InChI is InChI=1S/C22H17F5O/c1-3-12-5-7-13(8-6-12)18(23)20(25)15-10-9-14-11-16(28-4-2)21(26)22(27)17(14)19(15)24/h5-11H,3-4H2,1-2H3. The normalized spacial score (nSPS) is 12.2. The molecule has 0 saturated carbocycles. The summed E-state index contributed by atoms with van der Waals surface area (Å²) in [6.07, 6.45) is 0.724. The zero-order valence-electron chi connectivity index (χ0n) is 15.3. The van der Waals surface area contributed by atoms with Crippen molar-refractivity contribution < 1.29 is 26.7 Å². The number of hydrogen-bond donors (Lipinski definition) is 0. The van der Waals surface area contributed by atoms with E-state index < -0.39 is 40.1 Å². The molecule has 0 amide bonds. The second-order valence-electron chi connectivity index (χ2n) is 6.14. The molecule has 0 N–H and O–H groups in total. The maximum atomic E-state index is 14.8. The Hall–Kier alpha value is -2.89. The minimum Gasteiger partial charge on any atom is -0.491 e. The fourth-order valence-electron chi connectivity index (χ4n) is 2.92. The van der Waals surface area contributed by atoms with Gasteiger partial charge in [0.25, 0.3) is 0 Å². The molecule has 0 aliphatic rings. The highest BCUT2D eigenvalue weighted by atomic mass is 19.2. The van der Waals surface area contributed by atoms with E-state index in [0.717, 1.165) is 24.1 Å². The molecule has 146 valence electrons. The van der Waals surface area contributed by atoms with Crippen LogP contribution in [0.1, 0.15) is 30.5 Å². The molecule has 3 aromatic rings. The van der Waals surface area contributed by atoms with Gasteiger partial charge in [-0.2, -0.15) is 4.39 Å². The van der Waals surface area contributed by atoms with Crippen molar-refractivity contribution in [2.24, 2.45) is 0 Å². The third-order valence-corrected chi connectivity index (χ3v) is 4.43. The van der Waals surface area contributed by atoms with Crippen molar-refractivity contribution in [3.63, 3.8) is 0 Å². The summed E-state index contributed by atoms with van der Waals surface area (Å²) >= 11 is 0. The Balaban J connectivity index is 2.15. The Morgan fingerprint density at radius 3 is 2.11 bits per heavy atom. The van der Waals surface area contributed by atoms with Gasteiger partial charge in [-0.3, -0.25) is 0 Å². The van der Waals surface area contributed by atoms with Crippen LogP contribution in [0.15, 0.2) is 42.5 Å². The zero-order chi connectivity index (χ0) is 20.4. The summed E-state index contributed by atoms with van der Waals surface area (Å²) in [5.41, 5.74) is 0.0658. The van der Waals surface area contributed by atoms with Crippen LogP contribution in [0.4, 0.5) is 22.0 Å². The molecule has 3 aromatic carbocycles. The lowest BCUT2D eigenvalue weighted by atomic mass is 10.0. The second kappa shape index (κ2) is 8.00. The number of hydrogen-bond acceptors (Lipinski definition) is 1. The van der Waals surface area contributed by atoms with Crippen LogP contribution in [-0.4, -0.2) is 6.61 Å². The third-order valence-electron chi connectivity index (χ3n) is 4.43. The highest BCUT2D eigenvalue weighted by molar-refractivity contribution is 5.91. The van der Waals surface area contributed by atoms with Crippen LogP contribution >= 0.6 is 0 Å². The van der Waals surface area contributed by atoms with E-state index in [1.54, 1.807) is 19.1 Å². The molecule has 0 aromatic heterocycles. The molecule has 0 bridgehead atoms. The molecule has 0 aliphatic carbocycles. The van der Waals surface area contributed by atoms with Crippen molar-refractivity contribution in [1.82, 2.24) is 0 Å². The lowest BCUT2D eigenvalue weighted by Gasteiger charge is -2.11. The molecular formula is C22H17F5O. The molecule has 0 fully saturated rings. The fourth-order valence-corrected chi connectivity index (χ4v) is 2.92. The number of halogens is 5. The van der Waals surface area contributed by atoms with E-state index in [1.165, 1.54) is 18.2 Å². The first-order chi connectivity index (χ1) is 13.4. The average molecular weight is 392 g/mol. The Morgan fingerprint density at radius 1 is 0.821 bits per heavy atom. The Bertz CT molecular complexity index is 1050. The largest absolute Gasteiger partial charge is 0.491 e. The summed E-state index contributed by atoms with van der Waals surface area (Å²) < 4.78 is 77.4. The van der Waals surface area contributed by atoms with Gasteiger partial charge in [0.05, 0.1) is 12.0 Å². The first-order valence-electron chi connectivity index (χ1n) is 8.76.